The molecule has 0 unspecified atom stereocenters. The number of rotatable bonds is 2. The van der Waals surface area contributed by atoms with Crippen molar-refractivity contribution in [2.24, 2.45) is 0 Å². The maximum atomic E-state index is 10.7. The molecule has 0 heterocycles. The lowest BCUT2D eigenvalue weighted by Gasteiger charge is -2.07. The van der Waals surface area contributed by atoms with Crippen LogP contribution in [0.4, 0.5) is 24.5 Å². The van der Waals surface area contributed by atoms with Gasteiger partial charge in [0.2, 0.25) is 0 Å². The summed E-state index contributed by atoms with van der Waals surface area (Å²) in [7, 11) is -5.84. The molecular formula is C17H14F3NO3S. The second-order valence-corrected chi connectivity index (χ2v) is 6.39. The van der Waals surface area contributed by atoms with Gasteiger partial charge in [0.1, 0.15) is 0 Å². The Morgan fingerprint density at radius 1 is 0.760 bits per heavy atom. The summed E-state index contributed by atoms with van der Waals surface area (Å²) in [5.74, 6) is 0. The first kappa shape index (κ1) is 18.8. The van der Waals surface area contributed by atoms with Crippen molar-refractivity contribution in [3.63, 3.8) is 0 Å². The van der Waals surface area contributed by atoms with Crippen molar-refractivity contribution in [3.8, 4) is 0 Å². The van der Waals surface area contributed by atoms with E-state index in [4.69, 9.17) is 13.0 Å². The Balaban J connectivity index is 0.000000242. The van der Waals surface area contributed by atoms with E-state index < -0.39 is 15.6 Å². The summed E-state index contributed by atoms with van der Waals surface area (Å²) in [6, 6.07) is 25.0. The molecular weight excluding hydrogens is 355 g/mol. The van der Waals surface area contributed by atoms with E-state index in [0.717, 1.165) is 11.4 Å². The van der Waals surface area contributed by atoms with Gasteiger partial charge in [-0.15, -0.1) is 0 Å². The molecule has 8 heteroatoms. The van der Waals surface area contributed by atoms with Gasteiger partial charge in [0, 0.05) is 11.4 Å². The van der Waals surface area contributed by atoms with E-state index in [1.807, 2.05) is 18.2 Å². The molecule has 0 radical (unpaired) electrons. The Labute approximate surface area is 142 Å². The van der Waals surface area contributed by atoms with Gasteiger partial charge in [0.05, 0.1) is 0 Å². The molecule has 0 spiro atoms. The van der Waals surface area contributed by atoms with Gasteiger partial charge in [0.15, 0.2) is 0 Å². The molecule has 0 aliphatic heterocycles. The van der Waals surface area contributed by atoms with Crippen LogP contribution in [0, 0.1) is 0 Å². The maximum Gasteiger partial charge on any atom is 0.522 e. The largest absolute Gasteiger partial charge is 0.522 e. The second kappa shape index (κ2) is 7.54. The summed E-state index contributed by atoms with van der Waals surface area (Å²) in [6.45, 7) is 0. The lowest BCUT2D eigenvalue weighted by atomic mass is 10.1. The zero-order valence-corrected chi connectivity index (χ0v) is 13.6. The molecule has 3 aromatic rings. The topological polar surface area (TPSA) is 66.4 Å². The van der Waals surface area contributed by atoms with E-state index >= 15 is 0 Å². The van der Waals surface area contributed by atoms with Crippen LogP contribution in [0.5, 0.6) is 0 Å². The molecule has 3 rings (SSSR count). The summed E-state index contributed by atoms with van der Waals surface area (Å²) in [4.78, 5) is 0. The SMILES string of the molecule is O=S(=O)(O)C(F)(F)F.c1ccc(Nc2ccc3ccccc3c2)cc1. The molecule has 0 saturated carbocycles. The van der Waals surface area contributed by atoms with Crippen LogP contribution in [0.25, 0.3) is 10.8 Å². The van der Waals surface area contributed by atoms with E-state index in [-0.39, 0.29) is 0 Å². The van der Waals surface area contributed by atoms with Crippen LogP contribution in [0.15, 0.2) is 72.8 Å². The molecule has 0 bridgehead atoms. The number of hydrogen-bond acceptors (Lipinski definition) is 3. The van der Waals surface area contributed by atoms with Crippen LogP contribution < -0.4 is 5.32 Å². The quantitative estimate of drug-likeness (QED) is 0.494. The number of halogens is 3. The summed E-state index contributed by atoms with van der Waals surface area (Å²) < 4.78 is 57.5. The Kier molecular flexibility index (Phi) is 5.66. The lowest BCUT2D eigenvalue weighted by Crippen LogP contribution is -2.21. The van der Waals surface area contributed by atoms with Gasteiger partial charge >= 0.3 is 15.6 Å². The molecule has 0 atom stereocenters. The van der Waals surface area contributed by atoms with E-state index in [2.05, 4.69) is 59.9 Å². The Hall–Kier alpha value is -2.58. The molecule has 0 aliphatic rings. The second-order valence-electron chi connectivity index (χ2n) is 4.97. The molecule has 2 N–H and O–H groups in total. The number of para-hydroxylation sites is 1. The van der Waals surface area contributed by atoms with Gasteiger partial charge in [-0.25, -0.2) is 0 Å². The van der Waals surface area contributed by atoms with Crippen molar-refractivity contribution in [3.05, 3.63) is 72.8 Å². The maximum absolute atomic E-state index is 10.7. The van der Waals surface area contributed by atoms with Crippen molar-refractivity contribution < 1.29 is 26.1 Å². The minimum Gasteiger partial charge on any atom is -0.356 e. The number of anilines is 2. The van der Waals surface area contributed by atoms with E-state index in [0.29, 0.717) is 0 Å². The van der Waals surface area contributed by atoms with Crippen molar-refractivity contribution in [2.45, 2.75) is 5.51 Å². The van der Waals surface area contributed by atoms with Crippen molar-refractivity contribution >= 4 is 32.3 Å². The number of hydrogen-bond donors (Lipinski definition) is 2. The van der Waals surface area contributed by atoms with Crippen LogP contribution in [-0.2, 0) is 10.1 Å². The zero-order chi connectivity index (χ0) is 18.5. The van der Waals surface area contributed by atoms with Gasteiger partial charge in [-0.2, -0.15) is 21.6 Å². The van der Waals surface area contributed by atoms with E-state index in [1.165, 1.54) is 10.8 Å². The number of nitrogens with one attached hydrogen (secondary N) is 1. The first-order chi connectivity index (χ1) is 11.7. The molecule has 3 aromatic carbocycles. The highest BCUT2D eigenvalue weighted by molar-refractivity contribution is 7.86. The predicted molar refractivity (Wildman–Crippen MR) is 91.3 cm³/mol. The van der Waals surface area contributed by atoms with Crippen LogP contribution >= 0.6 is 0 Å². The third-order valence-electron chi connectivity index (χ3n) is 3.10. The minimum absolute atomic E-state index is 1.11. The zero-order valence-electron chi connectivity index (χ0n) is 12.7. The average Bonchev–Trinajstić information content (AvgIpc) is 2.54. The monoisotopic (exact) mass is 369 g/mol. The van der Waals surface area contributed by atoms with Gasteiger partial charge < -0.3 is 5.32 Å². The molecule has 4 nitrogen and oxygen atoms in total. The molecule has 0 aromatic heterocycles. The van der Waals surface area contributed by atoms with Crippen LogP contribution in [-0.4, -0.2) is 18.5 Å². The lowest BCUT2D eigenvalue weighted by molar-refractivity contribution is -0.0510. The molecule has 0 saturated heterocycles. The fourth-order valence-electron chi connectivity index (χ4n) is 1.96. The highest BCUT2D eigenvalue weighted by Gasteiger charge is 2.44. The molecule has 0 aliphatic carbocycles. The summed E-state index contributed by atoms with van der Waals surface area (Å²) in [5.41, 5.74) is -3.30. The summed E-state index contributed by atoms with van der Waals surface area (Å²) >= 11 is 0. The first-order valence-electron chi connectivity index (χ1n) is 7.01. The third kappa shape index (κ3) is 5.47. The molecule has 132 valence electrons. The summed E-state index contributed by atoms with van der Waals surface area (Å²) in [6.07, 6.45) is 0. The van der Waals surface area contributed by atoms with Crippen LogP contribution in [0.2, 0.25) is 0 Å². The van der Waals surface area contributed by atoms with Gasteiger partial charge in [-0.1, -0.05) is 48.5 Å². The summed E-state index contributed by atoms with van der Waals surface area (Å²) in [5, 5.41) is 5.92. The highest BCUT2D eigenvalue weighted by Crippen LogP contribution is 2.22. The van der Waals surface area contributed by atoms with Gasteiger partial charge in [-0.3, -0.25) is 4.55 Å². The van der Waals surface area contributed by atoms with Crippen molar-refractivity contribution in [2.75, 3.05) is 5.32 Å². The highest BCUT2D eigenvalue weighted by atomic mass is 32.2. The number of alkyl halides is 3. The Morgan fingerprint density at radius 2 is 1.28 bits per heavy atom. The number of benzene rings is 3. The van der Waals surface area contributed by atoms with Crippen LogP contribution in [0.3, 0.4) is 0 Å². The normalized spacial score (nSPS) is 11.5. The Bertz CT molecular complexity index is 942. The molecule has 0 amide bonds. The fraction of sp³-hybridized carbons (Fsp3) is 0.0588. The van der Waals surface area contributed by atoms with Crippen LogP contribution in [0.1, 0.15) is 0 Å². The third-order valence-corrected chi connectivity index (χ3v) is 3.69. The average molecular weight is 369 g/mol. The van der Waals surface area contributed by atoms with E-state index in [1.54, 1.807) is 0 Å². The smallest absolute Gasteiger partial charge is 0.356 e. The fourth-order valence-corrected chi connectivity index (χ4v) is 1.96. The minimum atomic E-state index is -5.84. The predicted octanol–water partition coefficient (Wildman–Crippen LogP) is 4.98. The number of fused-ring (bicyclic) bond motifs is 1. The first-order valence-corrected chi connectivity index (χ1v) is 8.45. The molecule has 25 heavy (non-hydrogen) atoms. The Morgan fingerprint density at radius 3 is 1.84 bits per heavy atom. The molecule has 0 fully saturated rings. The van der Waals surface area contributed by atoms with E-state index in [9.17, 15) is 13.2 Å². The van der Waals surface area contributed by atoms with Crippen molar-refractivity contribution in [1.82, 2.24) is 0 Å². The standard InChI is InChI=1S/C16H13N.CHF3O3S/c1-2-8-15(9-3-1)17-16-11-10-13-6-4-5-7-14(13)12-16;2-1(3,4)8(5,6)7/h1-12,17H;(H,5,6,7). The van der Waals surface area contributed by atoms with Gasteiger partial charge in [0.25, 0.3) is 0 Å². The van der Waals surface area contributed by atoms with Crippen molar-refractivity contribution in [1.29, 1.82) is 0 Å². The van der Waals surface area contributed by atoms with Gasteiger partial charge in [-0.05, 0) is 35.0 Å².